The number of ketones is 1. The molecule has 226 valence electrons. The summed E-state index contributed by atoms with van der Waals surface area (Å²) < 4.78 is 5.74. The highest BCUT2D eigenvalue weighted by Gasteiger charge is 2.27. The number of rotatable bonds is 22. The van der Waals surface area contributed by atoms with E-state index in [-0.39, 0.29) is 18.3 Å². The van der Waals surface area contributed by atoms with Crippen molar-refractivity contribution in [3.63, 3.8) is 0 Å². The van der Waals surface area contributed by atoms with Crippen LogP contribution < -0.4 is 5.32 Å². The van der Waals surface area contributed by atoms with Crippen molar-refractivity contribution in [1.82, 2.24) is 0 Å². The summed E-state index contributed by atoms with van der Waals surface area (Å²) in [4.78, 5) is 37.7. The van der Waals surface area contributed by atoms with E-state index < -0.39 is 22.6 Å². The molecule has 3 atom stereocenters. The predicted molar refractivity (Wildman–Crippen MR) is 170 cm³/mol. The van der Waals surface area contributed by atoms with Gasteiger partial charge in [0, 0.05) is 11.3 Å². The summed E-state index contributed by atoms with van der Waals surface area (Å²) in [5, 5.41) is 1.23. The van der Waals surface area contributed by atoms with E-state index in [4.69, 9.17) is 27.9 Å². The fraction of sp³-hybridized carbons (Fsp3) is 0.559. The fourth-order valence-electron chi connectivity index (χ4n) is 4.80. The van der Waals surface area contributed by atoms with Crippen molar-refractivity contribution >= 4 is 46.5 Å². The van der Waals surface area contributed by atoms with E-state index in [1.807, 2.05) is 24.3 Å². The lowest BCUT2D eigenvalue weighted by molar-refractivity contribution is -0.151. The molecule has 3 unspecified atom stereocenters. The van der Waals surface area contributed by atoms with Gasteiger partial charge in [-0.2, -0.15) is 0 Å². The number of hydrogen-bond donors (Lipinski definition) is 1. The van der Waals surface area contributed by atoms with Crippen molar-refractivity contribution in [2.24, 2.45) is 0 Å². The Bertz CT molecular complexity index is 1000. The number of amides is 1. The molecule has 0 aliphatic carbocycles. The monoisotopic (exact) mass is 603 g/mol. The highest BCUT2D eigenvalue weighted by molar-refractivity contribution is 6.39. The van der Waals surface area contributed by atoms with Crippen LogP contribution in [-0.2, 0) is 14.3 Å². The number of esters is 1. The van der Waals surface area contributed by atoms with Crippen molar-refractivity contribution in [2.45, 2.75) is 120 Å². The van der Waals surface area contributed by atoms with Gasteiger partial charge in [-0.25, -0.2) is 0 Å². The van der Waals surface area contributed by atoms with E-state index in [0.717, 1.165) is 19.3 Å². The Morgan fingerprint density at radius 3 is 1.83 bits per heavy atom. The Morgan fingerprint density at radius 1 is 0.707 bits per heavy atom. The van der Waals surface area contributed by atoms with Crippen molar-refractivity contribution in [2.75, 3.05) is 5.32 Å². The lowest BCUT2D eigenvalue weighted by atomic mass is 9.99. The Labute approximate surface area is 256 Å². The average Bonchev–Trinajstić information content (AvgIpc) is 2.98. The standard InChI is InChI=1S/C34H47Cl2NO4/c1-2-3-4-5-6-7-8-9-10-11-18-23-29(41-32(39)26-31(38)37-28-21-16-13-17-22-28)24-25-30(35)33(36)34(40)27-19-14-12-15-20-27/h12-17,19-22,29-30,33H,2-11,18,23-26H2,1H3,(H,37,38). The summed E-state index contributed by atoms with van der Waals surface area (Å²) in [6.07, 6.45) is 14.4. The van der Waals surface area contributed by atoms with Crippen LogP contribution in [0.2, 0.25) is 0 Å². The summed E-state index contributed by atoms with van der Waals surface area (Å²) in [7, 11) is 0. The molecule has 0 fully saturated rings. The number of Topliss-reactive ketones (excluding diaryl/α,β-unsaturated/α-hetero) is 1. The summed E-state index contributed by atoms with van der Waals surface area (Å²) in [5.74, 6) is -1.21. The van der Waals surface area contributed by atoms with Gasteiger partial charge in [-0.1, -0.05) is 120 Å². The maximum atomic E-state index is 12.7. The molecule has 7 heteroatoms. The molecule has 2 aromatic carbocycles. The number of carbonyl (C=O) groups is 3. The molecule has 0 heterocycles. The van der Waals surface area contributed by atoms with Crippen molar-refractivity contribution in [3.8, 4) is 0 Å². The zero-order valence-electron chi connectivity index (χ0n) is 24.5. The summed E-state index contributed by atoms with van der Waals surface area (Å²) in [5.41, 5.74) is 1.15. The lowest BCUT2D eigenvalue weighted by Crippen LogP contribution is -2.28. The second-order valence-electron chi connectivity index (χ2n) is 10.8. The zero-order valence-corrected chi connectivity index (χ0v) is 26.0. The molecule has 0 spiro atoms. The largest absolute Gasteiger partial charge is 0.462 e. The summed E-state index contributed by atoms with van der Waals surface area (Å²) in [6.45, 7) is 2.24. The van der Waals surface area contributed by atoms with Crippen molar-refractivity contribution in [3.05, 3.63) is 66.2 Å². The maximum Gasteiger partial charge on any atom is 0.315 e. The Morgan fingerprint density at radius 2 is 1.24 bits per heavy atom. The van der Waals surface area contributed by atoms with Gasteiger partial charge in [0.25, 0.3) is 0 Å². The first kappa shape index (κ1) is 34.8. The molecule has 41 heavy (non-hydrogen) atoms. The molecule has 0 aliphatic heterocycles. The number of halogens is 2. The topological polar surface area (TPSA) is 72.5 Å². The summed E-state index contributed by atoms with van der Waals surface area (Å²) in [6, 6.07) is 17.9. The molecular weight excluding hydrogens is 557 g/mol. The molecule has 0 saturated heterocycles. The molecule has 1 N–H and O–H groups in total. The Kier molecular flexibility index (Phi) is 18.1. The van der Waals surface area contributed by atoms with E-state index in [1.165, 1.54) is 51.4 Å². The minimum absolute atomic E-state index is 0.219. The number of ether oxygens (including phenoxy) is 1. The molecular formula is C34H47Cl2NO4. The number of para-hydroxylation sites is 1. The molecule has 0 saturated carbocycles. The zero-order chi connectivity index (χ0) is 29.7. The van der Waals surface area contributed by atoms with E-state index in [2.05, 4.69) is 12.2 Å². The van der Waals surface area contributed by atoms with Crippen LogP contribution in [0.4, 0.5) is 5.69 Å². The van der Waals surface area contributed by atoms with Crippen LogP contribution in [-0.4, -0.2) is 34.5 Å². The number of unbranched alkanes of at least 4 members (excludes halogenated alkanes) is 10. The minimum atomic E-state index is -0.881. The number of carbonyl (C=O) groups excluding carboxylic acids is 3. The molecule has 1 amide bonds. The van der Waals surface area contributed by atoms with Crippen LogP contribution in [0.25, 0.3) is 0 Å². The van der Waals surface area contributed by atoms with Crippen LogP contribution in [0.5, 0.6) is 0 Å². The van der Waals surface area contributed by atoms with E-state index in [9.17, 15) is 14.4 Å². The van der Waals surface area contributed by atoms with Crippen LogP contribution in [0.15, 0.2) is 60.7 Å². The highest BCUT2D eigenvalue weighted by atomic mass is 35.5. The second kappa shape index (κ2) is 21.4. The first-order valence-electron chi connectivity index (χ1n) is 15.3. The number of alkyl halides is 2. The maximum absolute atomic E-state index is 12.7. The molecule has 0 radical (unpaired) electrons. The summed E-state index contributed by atoms with van der Waals surface area (Å²) >= 11 is 13.0. The number of benzene rings is 2. The highest BCUT2D eigenvalue weighted by Crippen LogP contribution is 2.24. The molecule has 5 nitrogen and oxygen atoms in total. The first-order valence-corrected chi connectivity index (χ1v) is 16.2. The fourth-order valence-corrected chi connectivity index (χ4v) is 5.29. The van der Waals surface area contributed by atoms with Crippen LogP contribution in [0, 0.1) is 0 Å². The molecule has 0 bridgehead atoms. The minimum Gasteiger partial charge on any atom is -0.462 e. The third kappa shape index (κ3) is 15.4. The smallest absolute Gasteiger partial charge is 0.315 e. The number of nitrogens with one attached hydrogen (secondary N) is 1. The van der Waals surface area contributed by atoms with Gasteiger partial charge in [-0.05, 0) is 37.8 Å². The van der Waals surface area contributed by atoms with E-state index in [0.29, 0.717) is 30.5 Å². The van der Waals surface area contributed by atoms with Gasteiger partial charge in [0.15, 0.2) is 5.78 Å². The third-order valence-corrected chi connectivity index (χ3v) is 8.28. The predicted octanol–water partition coefficient (Wildman–Crippen LogP) is 9.51. The van der Waals surface area contributed by atoms with Gasteiger partial charge >= 0.3 is 5.97 Å². The lowest BCUT2D eigenvalue weighted by Gasteiger charge is -2.21. The number of hydrogen-bond acceptors (Lipinski definition) is 4. The molecule has 0 aliphatic rings. The van der Waals surface area contributed by atoms with Crippen molar-refractivity contribution < 1.29 is 19.1 Å². The van der Waals surface area contributed by atoms with Gasteiger partial charge < -0.3 is 10.1 Å². The van der Waals surface area contributed by atoms with E-state index in [1.54, 1.807) is 36.4 Å². The quantitative estimate of drug-likeness (QED) is 0.0478. The normalized spacial score (nSPS) is 13.2. The Balaban J connectivity index is 1.80. The molecule has 0 aromatic heterocycles. The van der Waals surface area contributed by atoms with Gasteiger partial charge in [0.2, 0.25) is 5.91 Å². The molecule has 2 rings (SSSR count). The van der Waals surface area contributed by atoms with Crippen LogP contribution in [0.3, 0.4) is 0 Å². The van der Waals surface area contributed by atoms with Crippen molar-refractivity contribution in [1.29, 1.82) is 0 Å². The molecule has 2 aromatic rings. The average molecular weight is 605 g/mol. The van der Waals surface area contributed by atoms with Gasteiger partial charge in [-0.3, -0.25) is 14.4 Å². The van der Waals surface area contributed by atoms with Gasteiger partial charge in [0.05, 0.1) is 5.38 Å². The van der Waals surface area contributed by atoms with Crippen LogP contribution in [0.1, 0.15) is 114 Å². The first-order chi connectivity index (χ1) is 19.9. The van der Waals surface area contributed by atoms with Gasteiger partial charge in [0.1, 0.15) is 17.9 Å². The van der Waals surface area contributed by atoms with Gasteiger partial charge in [-0.15, -0.1) is 23.2 Å². The Hall–Kier alpha value is -2.37. The van der Waals surface area contributed by atoms with E-state index >= 15 is 0 Å². The van der Waals surface area contributed by atoms with Crippen LogP contribution >= 0.6 is 23.2 Å². The third-order valence-electron chi connectivity index (χ3n) is 7.18. The SMILES string of the molecule is CCCCCCCCCCCCCC(CCC(Cl)C(Cl)C(=O)c1ccccc1)OC(=O)CC(=O)Nc1ccccc1. The number of anilines is 1. The second-order valence-corrected chi connectivity index (χ2v) is 11.8.